The molecule has 15 heavy (non-hydrogen) atoms. The molecule has 1 aliphatic carbocycles. The zero-order valence-corrected chi connectivity index (χ0v) is 10.9. The Morgan fingerprint density at radius 1 is 1.33 bits per heavy atom. The van der Waals surface area contributed by atoms with E-state index in [0.717, 1.165) is 22.9 Å². The summed E-state index contributed by atoms with van der Waals surface area (Å²) in [7, 11) is 0. The van der Waals surface area contributed by atoms with Gasteiger partial charge in [-0.15, -0.1) is 5.10 Å². The van der Waals surface area contributed by atoms with E-state index in [2.05, 4.69) is 51.0 Å². The smallest absolute Gasteiger partial charge is 0.0932 e. The first-order valence-electron chi connectivity index (χ1n) is 5.65. The van der Waals surface area contributed by atoms with Crippen molar-refractivity contribution in [3.05, 3.63) is 11.9 Å². The van der Waals surface area contributed by atoms with Gasteiger partial charge >= 0.3 is 0 Å². The van der Waals surface area contributed by atoms with E-state index in [9.17, 15) is 0 Å². The van der Waals surface area contributed by atoms with Crippen LogP contribution in [0.3, 0.4) is 0 Å². The fourth-order valence-corrected chi connectivity index (χ4v) is 2.93. The molecule has 84 valence electrons. The molecular formula is C11H18BrN3. The van der Waals surface area contributed by atoms with Crippen LogP contribution in [0.4, 0.5) is 0 Å². The fraction of sp³-hybridized carbons (Fsp3) is 0.818. The average Bonchev–Trinajstić information content (AvgIpc) is 2.64. The molecule has 3 nitrogen and oxygen atoms in total. The second-order valence-electron chi connectivity index (χ2n) is 4.89. The van der Waals surface area contributed by atoms with Gasteiger partial charge in [-0.2, -0.15) is 0 Å². The number of hydrogen-bond acceptors (Lipinski definition) is 2. The van der Waals surface area contributed by atoms with E-state index in [0.29, 0.717) is 6.04 Å². The van der Waals surface area contributed by atoms with Crippen molar-refractivity contribution in [2.45, 2.75) is 44.5 Å². The van der Waals surface area contributed by atoms with Gasteiger partial charge < -0.3 is 0 Å². The van der Waals surface area contributed by atoms with Gasteiger partial charge in [0.05, 0.1) is 11.7 Å². The van der Waals surface area contributed by atoms with Gasteiger partial charge in [0.1, 0.15) is 0 Å². The van der Waals surface area contributed by atoms with E-state index >= 15 is 0 Å². The third-order valence-corrected chi connectivity index (χ3v) is 3.80. The lowest BCUT2D eigenvalue weighted by atomic mass is 9.80. The highest BCUT2D eigenvalue weighted by atomic mass is 79.9. The normalized spacial score (nSPS) is 31.8. The Labute approximate surface area is 99.4 Å². The van der Waals surface area contributed by atoms with Crippen LogP contribution in [0.2, 0.25) is 0 Å². The summed E-state index contributed by atoms with van der Waals surface area (Å²) in [4.78, 5) is 0. The van der Waals surface area contributed by atoms with Crippen molar-refractivity contribution in [2.75, 3.05) is 0 Å². The maximum atomic E-state index is 4.22. The molecule has 1 saturated carbocycles. The molecule has 4 heteroatoms. The third kappa shape index (κ3) is 2.60. The number of aromatic nitrogens is 3. The van der Waals surface area contributed by atoms with Gasteiger partial charge in [-0.05, 0) is 31.1 Å². The maximum absolute atomic E-state index is 4.22. The Morgan fingerprint density at radius 3 is 2.53 bits per heavy atom. The van der Waals surface area contributed by atoms with E-state index in [1.165, 1.54) is 19.3 Å². The van der Waals surface area contributed by atoms with Gasteiger partial charge in [0.25, 0.3) is 0 Å². The summed E-state index contributed by atoms with van der Waals surface area (Å²) in [5.74, 6) is 1.63. The lowest BCUT2D eigenvalue weighted by Gasteiger charge is -2.31. The van der Waals surface area contributed by atoms with Crippen LogP contribution in [0.25, 0.3) is 0 Å². The number of hydrogen-bond donors (Lipinski definition) is 0. The largest absolute Gasteiger partial charge is 0.249 e. The highest BCUT2D eigenvalue weighted by molar-refractivity contribution is 9.08. The Kier molecular flexibility index (Phi) is 3.44. The number of rotatable bonds is 2. The van der Waals surface area contributed by atoms with Crippen LogP contribution in [0, 0.1) is 11.8 Å². The zero-order valence-electron chi connectivity index (χ0n) is 9.36. The van der Waals surface area contributed by atoms with Crippen LogP contribution < -0.4 is 0 Å². The van der Waals surface area contributed by atoms with Crippen LogP contribution in [-0.2, 0) is 5.33 Å². The molecular weight excluding hydrogens is 254 g/mol. The molecule has 0 aromatic carbocycles. The topological polar surface area (TPSA) is 30.7 Å². The number of alkyl halides is 1. The van der Waals surface area contributed by atoms with Crippen molar-refractivity contribution < 1.29 is 0 Å². The molecule has 0 N–H and O–H groups in total. The van der Waals surface area contributed by atoms with Gasteiger partial charge in [0.2, 0.25) is 0 Å². The fourth-order valence-electron chi connectivity index (χ4n) is 2.67. The molecule has 1 fully saturated rings. The van der Waals surface area contributed by atoms with Gasteiger partial charge in [-0.25, -0.2) is 4.68 Å². The first-order chi connectivity index (χ1) is 7.19. The lowest BCUT2D eigenvalue weighted by molar-refractivity contribution is 0.208. The minimum absolute atomic E-state index is 0.559. The Hall–Kier alpha value is -0.380. The first-order valence-corrected chi connectivity index (χ1v) is 6.78. The van der Waals surface area contributed by atoms with Crippen molar-refractivity contribution in [3.8, 4) is 0 Å². The molecule has 0 bridgehead atoms. The first kappa shape index (κ1) is 11.1. The molecule has 1 heterocycles. The number of nitrogens with zero attached hydrogens (tertiary/aromatic N) is 3. The standard InChI is InChI=1S/C11H18BrN3/c1-8-3-9(2)5-11(4-8)15-7-10(6-12)13-14-15/h7-9,11H,3-6H2,1-2H3. The van der Waals surface area contributed by atoms with Crippen molar-refractivity contribution in [2.24, 2.45) is 11.8 Å². The monoisotopic (exact) mass is 271 g/mol. The van der Waals surface area contributed by atoms with E-state index in [1.54, 1.807) is 0 Å². The van der Waals surface area contributed by atoms with E-state index in [1.807, 2.05) is 0 Å². The molecule has 2 atom stereocenters. The summed E-state index contributed by atoms with van der Waals surface area (Å²) in [6.07, 6.45) is 5.92. The van der Waals surface area contributed by atoms with E-state index in [-0.39, 0.29) is 0 Å². The molecule has 0 aliphatic heterocycles. The minimum Gasteiger partial charge on any atom is -0.249 e. The summed E-state index contributed by atoms with van der Waals surface area (Å²) in [6.45, 7) is 4.68. The Bertz CT molecular complexity index is 313. The lowest BCUT2D eigenvalue weighted by Crippen LogP contribution is -2.23. The van der Waals surface area contributed by atoms with Gasteiger partial charge in [0.15, 0.2) is 0 Å². The number of halogens is 1. The predicted octanol–water partition coefficient (Wildman–Crippen LogP) is 3.17. The molecule has 1 aromatic rings. The Balaban J connectivity index is 2.09. The summed E-state index contributed by atoms with van der Waals surface area (Å²) in [6, 6.07) is 0.559. The van der Waals surface area contributed by atoms with Gasteiger partial charge in [0, 0.05) is 11.5 Å². The van der Waals surface area contributed by atoms with Gasteiger partial charge in [-0.3, -0.25) is 0 Å². The third-order valence-electron chi connectivity index (χ3n) is 3.22. The van der Waals surface area contributed by atoms with Crippen LogP contribution in [0.15, 0.2) is 6.20 Å². The van der Waals surface area contributed by atoms with Crippen molar-refractivity contribution >= 4 is 15.9 Å². The Morgan fingerprint density at radius 2 is 2.00 bits per heavy atom. The molecule has 2 rings (SSSR count). The zero-order chi connectivity index (χ0) is 10.8. The molecule has 1 aromatic heterocycles. The SMILES string of the molecule is CC1CC(C)CC(n2cc(CBr)nn2)C1. The maximum Gasteiger partial charge on any atom is 0.0932 e. The van der Waals surface area contributed by atoms with Crippen LogP contribution >= 0.6 is 15.9 Å². The van der Waals surface area contributed by atoms with Crippen molar-refractivity contribution in [3.63, 3.8) is 0 Å². The average molecular weight is 272 g/mol. The predicted molar refractivity (Wildman–Crippen MR) is 63.9 cm³/mol. The van der Waals surface area contributed by atoms with E-state index in [4.69, 9.17) is 0 Å². The van der Waals surface area contributed by atoms with E-state index < -0.39 is 0 Å². The summed E-state index contributed by atoms with van der Waals surface area (Å²) >= 11 is 3.40. The van der Waals surface area contributed by atoms with Crippen molar-refractivity contribution in [1.29, 1.82) is 0 Å². The molecule has 1 aliphatic rings. The quantitative estimate of drug-likeness (QED) is 0.774. The molecule has 2 unspecified atom stereocenters. The van der Waals surface area contributed by atoms with Crippen LogP contribution in [-0.4, -0.2) is 15.0 Å². The summed E-state index contributed by atoms with van der Waals surface area (Å²) in [5.41, 5.74) is 1.03. The molecule has 0 amide bonds. The second-order valence-corrected chi connectivity index (χ2v) is 5.46. The second kappa shape index (κ2) is 4.64. The van der Waals surface area contributed by atoms with Crippen LogP contribution in [0.1, 0.15) is 44.8 Å². The molecule has 0 radical (unpaired) electrons. The summed E-state index contributed by atoms with van der Waals surface area (Å²) in [5, 5.41) is 9.14. The summed E-state index contributed by atoms with van der Waals surface area (Å²) < 4.78 is 2.06. The highest BCUT2D eigenvalue weighted by Gasteiger charge is 2.25. The van der Waals surface area contributed by atoms with Crippen LogP contribution in [0.5, 0.6) is 0 Å². The van der Waals surface area contributed by atoms with Crippen molar-refractivity contribution in [1.82, 2.24) is 15.0 Å². The minimum atomic E-state index is 0.559. The molecule has 0 saturated heterocycles. The highest BCUT2D eigenvalue weighted by Crippen LogP contribution is 2.35. The van der Waals surface area contributed by atoms with Gasteiger partial charge in [-0.1, -0.05) is 35.0 Å². The molecule has 0 spiro atoms.